The third-order valence-electron chi connectivity index (χ3n) is 3.72. The molecule has 1 N–H and O–H groups in total. The number of likely N-dealkylation sites (tertiary alicyclic amines) is 1. The first-order valence-corrected chi connectivity index (χ1v) is 7.10. The summed E-state index contributed by atoms with van der Waals surface area (Å²) in [4.78, 5) is 13.6. The molecule has 19 heavy (non-hydrogen) atoms. The van der Waals surface area contributed by atoms with E-state index in [4.69, 9.17) is 9.47 Å². The van der Waals surface area contributed by atoms with Gasteiger partial charge in [0.1, 0.15) is 6.61 Å². The standard InChI is InChI=1S/C14H28N2O3/c1-11(2)13(9-18-3)15-12-5-7-16(8-6-12)14(17)10-19-4/h11-13,15H,5-10H2,1-4H3. The van der Waals surface area contributed by atoms with Gasteiger partial charge in [0.2, 0.25) is 5.91 Å². The molecule has 5 heteroatoms. The fourth-order valence-corrected chi connectivity index (χ4v) is 2.43. The number of amides is 1. The molecule has 5 nitrogen and oxygen atoms in total. The third kappa shape index (κ3) is 5.47. The summed E-state index contributed by atoms with van der Waals surface area (Å²) in [5.41, 5.74) is 0. The van der Waals surface area contributed by atoms with Gasteiger partial charge in [-0.05, 0) is 18.8 Å². The second-order valence-corrected chi connectivity index (χ2v) is 5.56. The lowest BCUT2D eigenvalue weighted by Gasteiger charge is -2.35. The molecule has 112 valence electrons. The number of hydrogen-bond donors (Lipinski definition) is 1. The summed E-state index contributed by atoms with van der Waals surface area (Å²) in [6, 6.07) is 0.866. The van der Waals surface area contributed by atoms with Gasteiger partial charge in [0.25, 0.3) is 0 Å². The molecular formula is C14H28N2O3. The van der Waals surface area contributed by atoms with Crippen molar-refractivity contribution in [1.82, 2.24) is 10.2 Å². The topological polar surface area (TPSA) is 50.8 Å². The van der Waals surface area contributed by atoms with Crippen molar-refractivity contribution in [2.24, 2.45) is 5.92 Å². The van der Waals surface area contributed by atoms with E-state index >= 15 is 0 Å². The predicted octanol–water partition coefficient (Wildman–Crippen LogP) is 0.884. The summed E-state index contributed by atoms with van der Waals surface area (Å²) < 4.78 is 10.1. The average molecular weight is 272 g/mol. The Labute approximate surface area is 116 Å². The molecule has 1 atom stereocenters. The molecule has 1 heterocycles. The molecule has 0 aromatic carbocycles. The van der Waals surface area contributed by atoms with Crippen LogP contribution in [-0.2, 0) is 14.3 Å². The SMILES string of the molecule is COCC(=O)N1CCC(NC(COC)C(C)C)CC1. The number of carbonyl (C=O) groups excluding carboxylic acids is 1. The predicted molar refractivity (Wildman–Crippen MR) is 75.1 cm³/mol. The molecule has 0 spiro atoms. The van der Waals surface area contributed by atoms with Crippen LogP contribution in [-0.4, -0.2) is 63.4 Å². The molecule has 0 bridgehead atoms. The number of ether oxygens (including phenoxy) is 2. The Bertz CT molecular complexity index is 263. The van der Waals surface area contributed by atoms with Crippen molar-refractivity contribution in [2.45, 2.75) is 38.8 Å². The van der Waals surface area contributed by atoms with Crippen molar-refractivity contribution in [1.29, 1.82) is 0 Å². The minimum Gasteiger partial charge on any atom is -0.383 e. The van der Waals surface area contributed by atoms with Crippen molar-refractivity contribution >= 4 is 5.91 Å². The molecule has 0 aromatic rings. The molecule has 1 saturated heterocycles. The van der Waals surface area contributed by atoms with Crippen molar-refractivity contribution in [3.63, 3.8) is 0 Å². The highest BCUT2D eigenvalue weighted by Gasteiger charge is 2.25. The largest absolute Gasteiger partial charge is 0.383 e. The maximum Gasteiger partial charge on any atom is 0.248 e. The number of nitrogens with zero attached hydrogens (tertiary/aromatic N) is 1. The minimum absolute atomic E-state index is 0.0956. The molecule has 1 aliphatic heterocycles. The van der Waals surface area contributed by atoms with E-state index in [1.54, 1.807) is 14.2 Å². The van der Waals surface area contributed by atoms with Crippen LogP contribution >= 0.6 is 0 Å². The second kappa shape index (κ2) is 8.51. The molecule has 1 fully saturated rings. The van der Waals surface area contributed by atoms with E-state index in [1.807, 2.05) is 4.90 Å². The summed E-state index contributed by atoms with van der Waals surface area (Å²) in [7, 11) is 3.30. The molecule has 1 rings (SSSR count). The normalized spacial score (nSPS) is 18.9. The Morgan fingerprint density at radius 3 is 2.37 bits per heavy atom. The minimum atomic E-state index is 0.0956. The number of rotatable bonds is 7. The Kier molecular flexibility index (Phi) is 7.34. The van der Waals surface area contributed by atoms with Crippen LogP contribution in [0, 0.1) is 5.92 Å². The summed E-state index contributed by atoms with van der Waals surface area (Å²) in [5.74, 6) is 0.645. The van der Waals surface area contributed by atoms with Gasteiger partial charge in [0, 0.05) is 39.4 Å². The zero-order valence-electron chi connectivity index (χ0n) is 12.6. The van der Waals surface area contributed by atoms with Crippen molar-refractivity contribution in [3.8, 4) is 0 Å². The highest BCUT2D eigenvalue weighted by Crippen LogP contribution is 2.13. The fraction of sp³-hybridized carbons (Fsp3) is 0.929. The smallest absolute Gasteiger partial charge is 0.248 e. The van der Waals surface area contributed by atoms with Gasteiger partial charge in [0.05, 0.1) is 6.61 Å². The zero-order valence-corrected chi connectivity index (χ0v) is 12.6. The summed E-state index contributed by atoms with van der Waals surface area (Å²) in [6.45, 7) is 6.97. The van der Waals surface area contributed by atoms with Crippen LogP contribution in [0.1, 0.15) is 26.7 Å². The summed E-state index contributed by atoms with van der Waals surface area (Å²) in [5, 5.41) is 3.65. The van der Waals surface area contributed by atoms with E-state index in [1.165, 1.54) is 0 Å². The summed E-state index contributed by atoms with van der Waals surface area (Å²) in [6.07, 6.45) is 2.00. The monoisotopic (exact) mass is 272 g/mol. The van der Waals surface area contributed by atoms with Gasteiger partial charge in [-0.2, -0.15) is 0 Å². The van der Waals surface area contributed by atoms with Gasteiger partial charge in [-0.1, -0.05) is 13.8 Å². The maximum atomic E-state index is 11.7. The first kappa shape index (κ1) is 16.4. The molecule has 1 aliphatic rings. The van der Waals surface area contributed by atoms with Crippen LogP contribution in [0.4, 0.5) is 0 Å². The van der Waals surface area contributed by atoms with Gasteiger partial charge < -0.3 is 19.7 Å². The van der Waals surface area contributed by atoms with Crippen molar-refractivity contribution < 1.29 is 14.3 Å². The van der Waals surface area contributed by atoms with Crippen molar-refractivity contribution in [2.75, 3.05) is 40.5 Å². The Hall–Kier alpha value is -0.650. The Morgan fingerprint density at radius 2 is 1.89 bits per heavy atom. The van der Waals surface area contributed by atoms with Crippen LogP contribution in [0.3, 0.4) is 0 Å². The van der Waals surface area contributed by atoms with Gasteiger partial charge in [0.15, 0.2) is 0 Å². The van der Waals surface area contributed by atoms with E-state index in [9.17, 15) is 4.79 Å². The first-order valence-electron chi connectivity index (χ1n) is 7.10. The highest BCUT2D eigenvalue weighted by molar-refractivity contribution is 5.77. The number of carbonyl (C=O) groups is 1. The molecule has 0 aromatic heterocycles. The number of nitrogens with one attached hydrogen (secondary N) is 1. The molecule has 0 radical (unpaired) electrons. The van der Waals surface area contributed by atoms with Gasteiger partial charge >= 0.3 is 0 Å². The van der Waals surface area contributed by atoms with Crippen LogP contribution in [0.25, 0.3) is 0 Å². The second-order valence-electron chi connectivity index (χ2n) is 5.56. The third-order valence-corrected chi connectivity index (χ3v) is 3.72. The zero-order chi connectivity index (χ0) is 14.3. The number of piperidine rings is 1. The Morgan fingerprint density at radius 1 is 1.26 bits per heavy atom. The van der Waals surface area contributed by atoms with Crippen molar-refractivity contribution in [3.05, 3.63) is 0 Å². The molecular weight excluding hydrogens is 244 g/mol. The molecule has 0 aliphatic carbocycles. The van der Waals surface area contributed by atoms with E-state index in [2.05, 4.69) is 19.2 Å². The van der Waals surface area contributed by atoms with Gasteiger partial charge in [-0.3, -0.25) is 4.79 Å². The fourth-order valence-electron chi connectivity index (χ4n) is 2.43. The van der Waals surface area contributed by atoms with Crippen LogP contribution in [0.2, 0.25) is 0 Å². The van der Waals surface area contributed by atoms with Gasteiger partial charge in [-0.25, -0.2) is 0 Å². The van der Waals surface area contributed by atoms with Crippen LogP contribution < -0.4 is 5.32 Å². The van der Waals surface area contributed by atoms with Gasteiger partial charge in [-0.15, -0.1) is 0 Å². The maximum absolute atomic E-state index is 11.7. The lowest BCUT2D eigenvalue weighted by atomic mass is 9.99. The number of methoxy groups -OCH3 is 2. The van der Waals surface area contributed by atoms with E-state index in [0.717, 1.165) is 32.5 Å². The molecule has 1 unspecified atom stereocenters. The van der Waals surface area contributed by atoms with E-state index in [0.29, 0.717) is 18.0 Å². The molecule has 0 saturated carbocycles. The lowest BCUT2D eigenvalue weighted by molar-refractivity contribution is -0.136. The summed E-state index contributed by atoms with van der Waals surface area (Å²) >= 11 is 0. The molecule has 1 amide bonds. The van der Waals surface area contributed by atoms with E-state index < -0.39 is 0 Å². The first-order chi connectivity index (χ1) is 9.08. The number of hydrogen-bond acceptors (Lipinski definition) is 4. The highest BCUT2D eigenvalue weighted by atomic mass is 16.5. The Balaban J connectivity index is 2.34. The van der Waals surface area contributed by atoms with Crippen LogP contribution in [0.15, 0.2) is 0 Å². The quantitative estimate of drug-likeness (QED) is 0.747. The van der Waals surface area contributed by atoms with E-state index in [-0.39, 0.29) is 12.5 Å². The van der Waals surface area contributed by atoms with Crippen LogP contribution in [0.5, 0.6) is 0 Å². The lowest BCUT2D eigenvalue weighted by Crippen LogP contribution is -2.50. The average Bonchev–Trinajstić information content (AvgIpc) is 2.39.